The molecule has 0 amide bonds. The van der Waals surface area contributed by atoms with Gasteiger partial charge in [0, 0.05) is 0 Å². The maximum absolute atomic E-state index is 10.4. The average Bonchev–Trinajstić information content (AvgIpc) is 2.61. The molecule has 0 bridgehead atoms. The molecule has 1 aliphatic rings. The maximum atomic E-state index is 10.4. The third-order valence-corrected chi connectivity index (χ3v) is 3.65. The molecular formula is C16H20O8. The van der Waals surface area contributed by atoms with E-state index in [-0.39, 0.29) is 5.75 Å². The number of carbonyl (C=O) groups excluding carboxylic acids is 1. The van der Waals surface area contributed by atoms with Crippen molar-refractivity contribution in [2.45, 2.75) is 30.7 Å². The largest absolute Gasteiger partial charge is 0.493 e. The second-order valence-corrected chi connectivity index (χ2v) is 5.22. The van der Waals surface area contributed by atoms with Crippen LogP contribution in [0.15, 0.2) is 24.3 Å². The predicted octanol–water partition coefficient (Wildman–Crippen LogP) is -0.914. The fourth-order valence-corrected chi connectivity index (χ4v) is 2.33. The lowest BCUT2D eigenvalue weighted by Crippen LogP contribution is -2.60. The van der Waals surface area contributed by atoms with Crippen LogP contribution in [-0.2, 0) is 9.53 Å². The van der Waals surface area contributed by atoms with Crippen LogP contribution in [0.3, 0.4) is 0 Å². The van der Waals surface area contributed by atoms with Gasteiger partial charge in [-0.15, -0.1) is 0 Å². The molecule has 8 heteroatoms. The summed E-state index contributed by atoms with van der Waals surface area (Å²) in [4.78, 5) is 10.4. The Hall–Kier alpha value is -1.97. The molecule has 24 heavy (non-hydrogen) atoms. The van der Waals surface area contributed by atoms with Gasteiger partial charge in [-0.3, -0.25) is 4.79 Å². The molecule has 1 aromatic rings. The molecule has 5 atom stereocenters. The van der Waals surface area contributed by atoms with Gasteiger partial charge in [-0.05, 0) is 23.8 Å². The van der Waals surface area contributed by atoms with Crippen molar-refractivity contribution in [3.8, 4) is 11.5 Å². The van der Waals surface area contributed by atoms with Crippen LogP contribution in [0.2, 0.25) is 0 Å². The van der Waals surface area contributed by atoms with E-state index in [0.29, 0.717) is 17.6 Å². The molecule has 0 radical (unpaired) electrons. The van der Waals surface area contributed by atoms with E-state index in [1.54, 1.807) is 24.3 Å². The van der Waals surface area contributed by atoms with E-state index in [2.05, 4.69) is 0 Å². The molecule has 1 aromatic carbocycles. The van der Waals surface area contributed by atoms with E-state index in [1.165, 1.54) is 13.2 Å². The number of aliphatic hydroxyl groups is 4. The van der Waals surface area contributed by atoms with Crippen LogP contribution in [0, 0.1) is 0 Å². The van der Waals surface area contributed by atoms with Crippen molar-refractivity contribution < 1.29 is 39.4 Å². The highest BCUT2D eigenvalue weighted by Crippen LogP contribution is 2.32. The lowest BCUT2D eigenvalue weighted by molar-refractivity contribution is -0.277. The molecule has 2 rings (SSSR count). The minimum Gasteiger partial charge on any atom is -0.493 e. The number of rotatable bonds is 6. The molecule has 5 unspecified atom stereocenters. The fourth-order valence-electron chi connectivity index (χ4n) is 2.33. The van der Waals surface area contributed by atoms with E-state index in [0.717, 1.165) is 0 Å². The van der Waals surface area contributed by atoms with Crippen LogP contribution >= 0.6 is 0 Å². The summed E-state index contributed by atoms with van der Waals surface area (Å²) in [6.45, 7) is -0.544. The highest BCUT2D eigenvalue weighted by molar-refractivity contribution is 5.74. The summed E-state index contributed by atoms with van der Waals surface area (Å²) in [6, 6.07) is 4.81. The van der Waals surface area contributed by atoms with Crippen LogP contribution in [0.4, 0.5) is 0 Å². The van der Waals surface area contributed by atoms with Gasteiger partial charge < -0.3 is 34.6 Å². The Bertz CT molecular complexity index is 585. The van der Waals surface area contributed by atoms with Gasteiger partial charge >= 0.3 is 0 Å². The van der Waals surface area contributed by atoms with Crippen molar-refractivity contribution >= 4 is 12.4 Å². The van der Waals surface area contributed by atoms with Gasteiger partial charge in [0.15, 0.2) is 11.5 Å². The summed E-state index contributed by atoms with van der Waals surface area (Å²) >= 11 is 0. The summed E-state index contributed by atoms with van der Waals surface area (Å²) in [5.74, 6) is 0.546. The van der Waals surface area contributed by atoms with Gasteiger partial charge in [-0.2, -0.15) is 0 Å². The second kappa shape index (κ2) is 8.22. The summed E-state index contributed by atoms with van der Waals surface area (Å²) in [7, 11) is 1.42. The number of methoxy groups -OCH3 is 1. The van der Waals surface area contributed by atoms with Gasteiger partial charge in [-0.1, -0.05) is 12.1 Å². The molecule has 0 aromatic heterocycles. The number of carbonyl (C=O) groups is 1. The Labute approximate surface area is 138 Å². The number of aliphatic hydroxyl groups excluding tert-OH is 4. The van der Waals surface area contributed by atoms with Crippen molar-refractivity contribution in [3.63, 3.8) is 0 Å². The molecule has 0 spiro atoms. The molecule has 132 valence electrons. The first-order valence-corrected chi connectivity index (χ1v) is 7.29. The Balaban J connectivity index is 2.20. The summed E-state index contributed by atoms with van der Waals surface area (Å²) in [5.41, 5.74) is 0.695. The van der Waals surface area contributed by atoms with Crippen molar-refractivity contribution in [2.24, 2.45) is 0 Å². The topological polar surface area (TPSA) is 126 Å². The van der Waals surface area contributed by atoms with Crippen LogP contribution < -0.4 is 9.47 Å². The highest BCUT2D eigenvalue weighted by atomic mass is 16.7. The molecule has 8 nitrogen and oxygen atoms in total. The SMILES string of the molecule is COc1cc(/C=C/C=O)ccc1OC1OC(CO)C(O)C(O)C1O. The van der Waals surface area contributed by atoms with Gasteiger partial charge in [0.25, 0.3) is 0 Å². The number of hydrogen-bond donors (Lipinski definition) is 4. The van der Waals surface area contributed by atoms with E-state index >= 15 is 0 Å². The summed E-state index contributed by atoms with van der Waals surface area (Å²) in [6.07, 6.45) is -3.31. The fraction of sp³-hybridized carbons (Fsp3) is 0.438. The zero-order valence-electron chi connectivity index (χ0n) is 13.0. The first kappa shape index (κ1) is 18.4. The number of ether oxygens (including phenoxy) is 3. The van der Waals surface area contributed by atoms with Crippen LogP contribution in [0.1, 0.15) is 5.56 Å². The molecule has 1 aliphatic heterocycles. The van der Waals surface area contributed by atoms with E-state index in [4.69, 9.17) is 14.2 Å². The van der Waals surface area contributed by atoms with Crippen molar-refractivity contribution in [2.75, 3.05) is 13.7 Å². The minimum absolute atomic E-state index is 0.227. The first-order valence-electron chi connectivity index (χ1n) is 7.29. The normalized spacial score (nSPS) is 30.3. The standard InChI is InChI=1S/C16H20O8/c1-22-11-7-9(3-2-6-17)4-5-10(11)23-16-15(21)14(20)13(19)12(8-18)24-16/h2-7,12-16,18-21H,8H2,1H3/b3-2+. The van der Waals surface area contributed by atoms with Crippen molar-refractivity contribution in [1.82, 2.24) is 0 Å². The Morgan fingerprint density at radius 2 is 1.92 bits per heavy atom. The molecule has 1 fully saturated rings. The number of hydrogen-bond acceptors (Lipinski definition) is 8. The smallest absolute Gasteiger partial charge is 0.229 e. The zero-order chi connectivity index (χ0) is 17.7. The van der Waals surface area contributed by atoms with Crippen LogP contribution in [0.5, 0.6) is 11.5 Å². The van der Waals surface area contributed by atoms with E-state index in [9.17, 15) is 25.2 Å². The Morgan fingerprint density at radius 3 is 2.54 bits per heavy atom. The van der Waals surface area contributed by atoms with Gasteiger partial charge in [0.05, 0.1) is 13.7 Å². The quantitative estimate of drug-likeness (QED) is 0.387. The monoisotopic (exact) mass is 340 g/mol. The molecule has 0 aliphatic carbocycles. The van der Waals surface area contributed by atoms with Crippen LogP contribution in [0.25, 0.3) is 6.08 Å². The van der Waals surface area contributed by atoms with Gasteiger partial charge in [-0.25, -0.2) is 0 Å². The minimum atomic E-state index is -1.53. The lowest BCUT2D eigenvalue weighted by Gasteiger charge is -2.39. The summed E-state index contributed by atoms with van der Waals surface area (Å²) in [5, 5.41) is 38.7. The lowest BCUT2D eigenvalue weighted by atomic mass is 9.99. The Morgan fingerprint density at radius 1 is 1.17 bits per heavy atom. The highest BCUT2D eigenvalue weighted by Gasteiger charge is 2.44. The van der Waals surface area contributed by atoms with E-state index in [1.807, 2.05) is 0 Å². The van der Waals surface area contributed by atoms with Crippen molar-refractivity contribution in [1.29, 1.82) is 0 Å². The molecule has 4 N–H and O–H groups in total. The van der Waals surface area contributed by atoms with Gasteiger partial charge in [0.1, 0.15) is 30.7 Å². The summed E-state index contributed by atoms with van der Waals surface area (Å²) < 4.78 is 16.0. The second-order valence-electron chi connectivity index (χ2n) is 5.22. The van der Waals surface area contributed by atoms with Crippen molar-refractivity contribution in [3.05, 3.63) is 29.8 Å². The average molecular weight is 340 g/mol. The number of allylic oxidation sites excluding steroid dienone is 1. The third kappa shape index (κ3) is 3.92. The maximum Gasteiger partial charge on any atom is 0.229 e. The van der Waals surface area contributed by atoms with E-state index < -0.39 is 37.3 Å². The molecule has 0 saturated carbocycles. The molecular weight excluding hydrogens is 320 g/mol. The zero-order valence-corrected chi connectivity index (χ0v) is 13.0. The molecule has 1 heterocycles. The molecule has 1 saturated heterocycles. The van der Waals surface area contributed by atoms with Crippen LogP contribution in [-0.4, -0.2) is 71.1 Å². The Kier molecular flexibility index (Phi) is 6.29. The first-order chi connectivity index (χ1) is 11.5. The third-order valence-electron chi connectivity index (χ3n) is 3.65. The number of aldehydes is 1. The van der Waals surface area contributed by atoms with Gasteiger partial charge in [0.2, 0.25) is 6.29 Å². The predicted molar refractivity (Wildman–Crippen MR) is 82.5 cm³/mol. The number of benzene rings is 1.